The van der Waals surface area contributed by atoms with Crippen LogP contribution in [0.2, 0.25) is 0 Å². The highest BCUT2D eigenvalue weighted by Crippen LogP contribution is 2.22. The maximum Gasteiger partial charge on any atom is 0.187 e. The fraction of sp³-hybridized carbons (Fsp3) is 0.0385. The predicted molar refractivity (Wildman–Crippen MR) is 118 cm³/mol. The lowest BCUT2D eigenvalue weighted by atomic mass is 10.1. The number of H-pyrrole nitrogens is 1. The molecular formula is C26H21FN2O. The summed E-state index contributed by atoms with van der Waals surface area (Å²) in [5, 5.41) is 3.36. The monoisotopic (exact) mass is 396 g/mol. The molecule has 0 aliphatic heterocycles. The first kappa shape index (κ1) is 19.4. The zero-order chi connectivity index (χ0) is 20.8. The van der Waals surface area contributed by atoms with Crippen molar-refractivity contribution in [3.05, 3.63) is 126 Å². The SMILES string of the molecule is O=C(/C=C(\NCc1ccccc1)c1ccc(-c2cccc(F)c2)[nH]1)c1ccccc1. The van der Waals surface area contributed by atoms with E-state index in [-0.39, 0.29) is 11.6 Å². The van der Waals surface area contributed by atoms with Crippen LogP contribution in [0.1, 0.15) is 21.6 Å². The van der Waals surface area contributed by atoms with Crippen molar-refractivity contribution in [3.8, 4) is 11.3 Å². The van der Waals surface area contributed by atoms with Crippen LogP contribution in [0, 0.1) is 5.82 Å². The first-order chi connectivity index (χ1) is 14.7. The largest absolute Gasteiger partial charge is 0.379 e. The Morgan fingerprint density at radius 3 is 2.33 bits per heavy atom. The summed E-state index contributed by atoms with van der Waals surface area (Å²) in [6, 6.07) is 29.3. The summed E-state index contributed by atoms with van der Waals surface area (Å²) >= 11 is 0. The van der Waals surface area contributed by atoms with Crippen LogP contribution in [0.3, 0.4) is 0 Å². The van der Waals surface area contributed by atoms with E-state index < -0.39 is 0 Å². The average Bonchev–Trinajstić information content (AvgIpc) is 3.28. The van der Waals surface area contributed by atoms with Crippen LogP contribution in [-0.2, 0) is 6.54 Å². The summed E-state index contributed by atoms with van der Waals surface area (Å²) in [4.78, 5) is 16.1. The van der Waals surface area contributed by atoms with Crippen molar-refractivity contribution >= 4 is 11.5 Å². The number of carbonyl (C=O) groups excluding carboxylic acids is 1. The zero-order valence-corrected chi connectivity index (χ0v) is 16.3. The summed E-state index contributed by atoms with van der Waals surface area (Å²) < 4.78 is 13.6. The van der Waals surface area contributed by atoms with Crippen molar-refractivity contribution in [1.29, 1.82) is 0 Å². The van der Waals surface area contributed by atoms with E-state index in [1.807, 2.05) is 66.7 Å². The van der Waals surface area contributed by atoms with Crippen LogP contribution in [0.4, 0.5) is 4.39 Å². The Kier molecular flexibility index (Phi) is 5.85. The third kappa shape index (κ3) is 4.73. The molecule has 3 aromatic carbocycles. The molecule has 3 nitrogen and oxygen atoms in total. The molecule has 2 N–H and O–H groups in total. The number of aromatic amines is 1. The van der Waals surface area contributed by atoms with Crippen LogP contribution in [0.5, 0.6) is 0 Å². The maximum absolute atomic E-state index is 13.6. The van der Waals surface area contributed by atoms with Crippen LogP contribution >= 0.6 is 0 Å². The first-order valence-corrected chi connectivity index (χ1v) is 9.73. The van der Waals surface area contributed by atoms with E-state index in [0.717, 1.165) is 22.5 Å². The first-order valence-electron chi connectivity index (χ1n) is 9.73. The molecule has 30 heavy (non-hydrogen) atoms. The van der Waals surface area contributed by atoms with Crippen molar-refractivity contribution in [1.82, 2.24) is 10.3 Å². The quantitative estimate of drug-likeness (QED) is 0.305. The van der Waals surface area contributed by atoms with Gasteiger partial charge >= 0.3 is 0 Å². The van der Waals surface area contributed by atoms with E-state index in [1.165, 1.54) is 12.1 Å². The summed E-state index contributed by atoms with van der Waals surface area (Å²) in [6.07, 6.45) is 1.60. The van der Waals surface area contributed by atoms with Gasteiger partial charge in [0, 0.05) is 29.4 Å². The third-order valence-electron chi connectivity index (χ3n) is 4.77. The van der Waals surface area contributed by atoms with Crippen molar-refractivity contribution in [2.24, 2.45) is 0 Å². The molecule has 4 aromatic rings. The minimum absolute atomic E-state index is 0.0898. The summed E-state index contributed by atoms with van der Waals surface area (Å²) in [5.74, 6) is -0.381. The molecule has 0 bridgehead atoms. The molecule has 0 unspecified atom stereocenters. The van der Waals surface area contributed by atoms with Crippen molar-refractivity contribution in [2.45, 2.75) is 6.54 Å². The van der Waals surface area contributed by atoms with Gasteiger partial charge in [0.25, 0.3) is 0 Å². The molecule has 0 atom stereocenters. The lowest BCUT2D eigenvalue weighted by Crippen LogP contribution is -2.14. The normalized spacial score (nSPS) is 11.3. The molecule has 0 aliphatic carbocycles. The van der Waals surface area contributed by atoms with Crippen molar-refractivity contribution < 1.29 is 9.18 Å². The van der Waals surface area contributed by atoms with E-state index in [2.05, 4.69) is 10.3 Å². The lowest BCUT2D eigenvalue weighted by Gasteiger charge is -2.10. The fourth-order valence-electron chi connectivity index (χ4n) is 3.21. The maximum atomic E-state index is 13.6. The van der Waals surface area contributed by atoms with Gasteiger partial charge in [0.1, 0.15) is 5.82 Å². The van der Waals surface area contributed by atoms with Gasteiger partial charge in [-0.3, -0.25) is 4.79 Å². The second-order valence-electron chi connectivity index (χ2n) is 6.92. The van der Waals surface area contributed by atoms with Gasteiger partial charge in [0.15, 0.2) is 5.78 Å². The fourth-order valence-corrected chi connectivity index (χ4v) is 3.21. The van der Waals surface area contributed by atoms with Gasteiger partial charge in [-0.15, -0.1) is 0 Å². The molecule has 0 saturated carbocycles. The second kappa shape index (κ2) is 9.05. The number of carbonyl (C=O) groups is 1. The molecule has 4 rings (SSSR count). The second-order valence-corrected chi connectivity index (χ2v) is 6.92. The number of hydrogen-bond donors (Lipinski definition) is 2. The van der Waals surface area contributed by atoms with Crippen molar-refractivity contribution in [3.63, 3.8) is 0 Å². The van der Waals surface area contributed by atoms with E-state index >= 15 is 0 Å². The summed E-state index contributed by atoms with van der Waals surface area (Å²) in [6.45, 7) is 0.572. The number of aromatic nitrogens is 1. The number of hydrogen-bond acceptors (Lipinski definition) is 2. The van der Waals surface area contributed by atoms with Gasteiger partial charge in [0.2, 0.25) is 0 Å². The smallest absolute Gasteiger partial charge is 0.187 e. The van der Waals surface area contributed by atoms with Gasteiger partial charge in [-0.25, -0.2) is 4.39 Å². The number of halogens is 1. The highest BCUT2D eigenvalue weighted by molar-refractivity contribution is 6.08. The molecule has 148 valence electrons. The van der Waals surface area contributed by atoms with Crippen LogP contribution in [0.25, 0.3) is 17.0 Å². The van der Waals surface area contributed by atoms with Gasteiger partial charge < -0.3 is 10.3 Å². The number of benzene rings is 3. The Hall–Kier alpha value is -3.92. The Morgan fingerprint density at radius 2 is 1.60 bits per heavy atom. The number of rotatable bonds is 7. The minimum Gasteiger partial charge on any atom is -0.379 e. The molecule has 0 saturated heterocycles. The van der Waals surface area contributed by atoms with E-state index in [4.69, 9.17) is 0 Å². The van der Waals surface area contributed by atoms with Gasteiger partial charge in [-0.2, -0.15) is 0 Å². The average molecular weight is 396 g/mol. The predicted octanol–water partition coefficient (Wildman–Crippen LogP) is 5.83. The van der Waals surface area contributed by atoms with Crippen LogP contribution < -0.4 is 5.32 Å². The molecule has 0 fully saturated rings. The number of nitrogens with one attached hydrogen (secondary N) is 2. The minimum atomic E-state index is -0.291. The standard InChI is InChI=1S/C26H21FN2O/c27-22-13-7-12-21(16-22)23-14-15-24(29-23)25(28-18-19-8-3-1-4-9-19)17-26(30)20-10-5-2-6-11-20/h1-17,28-29H,18H2/b25-17-. The van der Waals surface area contributed by atoms with E-state index in [1.54, 1.807) is 24.3 Å². The summed E-state index contributed by atoms with van der Waals surface area (Å²) in [5.41, 5.74) is 4.69. The molecule has 0 aliphatic rings. The third-order valence-corrected chi connectivity index (χ3v) is 4.77. The Balaban J connectivity index is 1.64. The van der Waals surface area contributed by atoms with Gasteiger partial charge in [-0.05, 0) is 29.8 Å². The van der Waals surface area contributed by atoms with Gasteiger partial charge in [0.05, 0.1) is 11.4 Å². The molecule has 1 aromatic heterocycles. The highest BCUT2D eigenvalue weighted by atomic mass is 19.1. The van der Waals surface area contributed by atoms with Gasteiger partial charge in [-0.1, -0.05) is 72.8 Å². The topological polar surface area (TPSA) is 44.9 Å². The highest BCUT2D eigenvalue weighted by Gasteiger charge is 2.10. The number of allylic oxidation sites excluding steroid dienone is 1. The lowest BCUT2D eigenvalue weighted by molar-refractivity contribution is 0.104. The van der Waals surface area contributed by atoms with E-state index in [0.29, 0.717) is 17.8 Å². The molecule has 0 amide bonds. The van der Waals surface area contributed by atoms with Crippen LogP contribution in [-0.4, -0.2) is 10.8 Å². The van der Waals surface area contributed by atoms with Crippen molar-refractivity contribution in [2.75, 3.05) is 0 Å². The Labute approximate surface area is 174 Å². The molecule has 0 radical (unpaired) electrons. The Morgan fingerprint density at radius 1 is 0.867 bits per heavy atom. The zero-order valence-electron chi connectivity index (χ0n) is 16.3. The molecule has 0 spiro atoms. The molecule has 1 heterocycles. The number of ketones is 1. The summed E-state index contributed by atoms with van der Waals surface area (Å²) in [7, 11) is 0. The van der Waals surface area contributed by atoms with Crippen LogP contribution in [0.15, 0.2) is 103 Å². The molecular weight excluding hydrogens is 375 g/mol. The van der Waals surface area contributed by atoms with E-state index in [9.17, 15) is 9.18 Å². The Bertz CT molecular complexity index is 1160. The molecule has 4 heteroatoms.